The van der Waals surface area contributed by atoms with Gasteiger partial charge in [0.05, 0.1) is 0 Å². The Bertz CT molecular complexity index is 1440. The van der Waals surface area contributed by atoms with Crippen LogP contribution in [0.5, 0.6) is 11.8 Å². The molecule has 4 aromatic rings. The standard InChI is InChI=1S/C33H37N5O4/c1-33(2,3)42-32(39)38-18-16-26(17-19-38)27-20-34-31(35-21-27)36-28-14-15-29(40-22-24-10-6-4-7-11-24)37-30(28)41-23-25-12-8-5-9-13-25/h4-15,20-21,26H,16-19,22-23H2,1-3H3,(H,34,35,36). The van der Waals surface area contributed by atoms with Crippen LogP contribution in [0.2, 0.25) is 0 Å². The number of hydrogen-bond acceptors (Lipinski definition) is 8. The summed E-state index contributed by atoms with van der Waals surface area (Å²) in [5.41, 5.74) is 3.27. The summed E-state index contributed by atoms with van der Waals surface area (Å²) in [5, 5.41) is 3.25. The van der Waals surface area contributed by atoms with Gasteiger partial charge in [-0.3, -0.25) is 0 Å². The molecular formula is C33H37N5O4. The van der Waals surface area contributed by atoms with E-state index in [1.807, 2.05) is 99.9 Å². The number of aromatic nitrogens is 3. The van der Waals surface area contributed by atoms with E-state index in [1.54, 1.807) is 11.0 Å². The van der Waals surface area contributed by atoms with Crippen LogP contribution in [-0.2, 0) is 18.0 Å². The molecule has 218 valence electrons. The summed E-state index contributed by atoms with van der Waals surface area (Å²) < 4.78 is 17.6. The van der Waals surface area contributed by atoms with Crippen molar-refractivity contribution in [3.8, 4) is 11.8 Å². The van der Waals surface area contributed by atoms with E-state index in [-0.39, 0.29) is 12.0 Å². The van der Waals surface area contributed by atoms with Crippen LogP contribution in [0, 0.1) is 0 Å². The van der Waals surface area contributed by atoms with Gasteiger partial charge in [0.2, 0.25) is 17.7 Å². The van der Waals surface area contributed by atoms with E-state index in [4.69, 9.17) is 14.2 Å². The average Bonchev–Trinajstić information content (AvgIpc) is 3.00. The Labute approximate surface area is 246 Å². The molecule has 1 aliphatic heterocycles. The van der Waals surface area contributed by atoms with E-state index >= 15 is 0 Å². The molecule has 42 heavy (non-hydrogen) atoms. The maximum atomic E-state index is 12.4. The average molecular weight is 568 g/mol. The van der Waals surface area contributed by atoms with Crippen molar-refractivity contribution < 1.29 is 19.0 Å². The van der Waals surface area contributed by atoms with Crippen molar-refractivity contribution in [1.82, 2.24) is 19.9 Å². The van der Waals surface area contributed by atoms with Crippen molar-refractivity contribution in [2.45, 2.75) is 58.3 Å². The molecule has 1 aliphatic rings. The molecule has 0 aliphatic carbocycles. The molecule has 9 nitrogen and oxygen atoms in total. The number of carbonyl (C=O) groups is 1. The lowest BCUT2D eigenvalue weighted by atomic mass is 9.91. The van der Waals surface area contributed by atoms with Crippen molar-refractivity contribution in [2.75, 3.05) is 18.4 Å². The maximum absolute atomic E-state index is 12.4. The number of hydrogen-bond donors (Lipinski definition) is 1. The van der Waals surface area contributed by atoms with Crippen LogP contribution in [0.1, 0.15) is 56.2 Å². The summed E-state index contributed by atoms with van der Waals surface area (Å²) >= 11 is 0. The largest absolute Gasteiger partial charge is 0.473 e. The van der Waals surface area contributed by atoms with Gasteiger partial charge in [-0.1, -0.05) is 60.7 Å². The number of anilines is 2. The first kappa shape index (κ1) is 28.9. The van der Waals surface area contributed by atoms with Gasteiger partial charge >= 0.3 is 6.09 Å². The number of nitrogens with one attached hydrogen (secondary N) is 1. The summed E-state index contributed by atoms with van der Waals surface area (Å²) in [6, 6.07) is 23.5. The van der Waals surface area contributed by atoms with Crippen LogP contribution in [0.3, 0.4) is 0 Å². The number of likely N-dealkylation sites (tertiary alicyclic amines) is 1. The van der Waals surface area contributed by atoms with Crippen molar-refractivity contribution in [2.24, 2.45) is 0 Å². The highest BCUT2D eigenvalue weighted by atomic mass is 16.6. The predicted molar refractivity (Wildman–Crippen MR) is 161 cm³/mol. The fourth-order valence-electron chi connectivity index (χ4n) is 4.62. The highest BCUT2D eigenvalue weighted by molar-refractivity contribution is 5.68. The molecule has 3 heterocycles. The van der Waals surface area contributed by atoms with Gasteiger partial charge < -0.3 is 24.4 Å². The lowest BCUT2D eigenvalue weighted by Crippen LogP contribution is -2.41. The molecule has 1 amide bonds. The lowest BCUT2D eigenvalue weighted by molar-refractivity contribution is 0.0204. The van der Waals surface area contributed by atoms with Gasteiger partial charge in [-0.05, 0) is 62.3 Å². The van der Waals surface area contributed by atoms with Gasteiger partial charge in [-0.2, -0.15) is 4.98 Å². The van der Waals surface area contributed by atoms with Crippen LogP contribution in [0.4, 0.5) is 16.4 Å². The normalized spacial score (nSPS) is 13.8. The number of piperidine rings is 1. The predicted octanol–water partition coefficient (Wildman–Crippen LogP) is 6.89. The molecule has 0 saturated carbocycles. The van der Waals surface area contributed by atoms with E-state index < -0.39 is 5.60 Å². The van der Waals surface area contributed by atoms with E-state index in [9.17, 15) is 4.79 Å². The van der Waals surface area contributed by atoms with E-state index in [0.29, 0.717) is 49.7 Å². The molecule has 0 atom stereocenters. The van der Waals surface area contributed by atoms with E-state index in [2.05, 4.69) is 20.3 Å². The Morgan fingerprint density at radius 1 is 0.857 bits per heavy atom. The van der Waals surface area contributed by atoms with Crippen molar-refractivity contribution in [3.05, 3.63) is 102 Å². The Morgan fingerprint density at radius 3 is 2.05 bits per heavy atom. The Kier molecular flexibility index (Phi) is 9.16. The monoisotopic (exact) mass is 567 g/mol. The minimum absolute atomic E-state index is 0.257. The second-order valence-corrected chi connectivity index (χ2v) is 11.3. The number of nitrogens with zero attached hydrogens (tertiary/aromatic N) is 4. The zero-order chi connectivity index (χ0) is 29.4. The third kappa shape index (κ3) is 8.19. The second kappa shape index (κ2) is 13.3. The molecular weight excluding hydrogens is 530 g/mol. The third-order valence-corrected chi connectivity index (χ3v) is 6.82. The minimum Gasteiger partial charge on any atom is -0.473 e. The number of benzene rings is 2. The maximum Gasteiger partial charge on any atom is 0.410 e. The summed E-state index contributed by atoms with van der Waals surface area (Å²) in [4.78, 5) is 27.9. The first-order valence-corrected chi connectivity index (χ1v) is 14.2. The molecule has 0 unspecified atom stereocenters. The summed E-state index contributed by atoms with van der Waals surface area (Å²) in [5.74, 6) is 1.58. The molecule has 1 saturated heterocycles. The van der Waals surface area contributed by atoms with Gasteiger partial charge in [0.1, 0.15) is 24.5 Å². The smallest absolute Gasteiger partial charge is 0.410 e. The number of carbonyl (C=O) groups excluding carboxylic acids is 1. The van der Waals surface area contributed by atoms with E-state index in [0.717, 1.165) is 29.5 Å². The lowest BCUT2D eigenvalue weighted by Gasteiger charge is -2.33. The van der Waals surface area contributed by atoms with Crippen LogP contribution in [0.15, 0.2) is 85.2 Å². The fourth-order valence-corrected chi connectivity index (χ4v) is 4.62. The summed E-state index contributed by atoms with van der Waals surface area (Å²) in [6.45, 7) is 7.69. The highest BCUT2D eigenvalue weighted by Gasteiger charge is 2.27. The Balaban J connectivity index is 1.23. The molecule has 0 bridgehead atoms. The van der Waals surface area contributed by atoms with Crippen molar-refractivity contribution in [3.63, 3.8) is 0 Å². The number of rotatable bonds is 9. The van der Waals surface area contributed by atoms with Gasteiger partial charge in [0.25, 0.3) is 0 Å². The van der Waals surface area contributed by atoms with Gasteiger partial charge in [0, 0.05) is 31.5 Å². The quantitative estimate of drug-likeness (QED) is 0.234. The van der Waals surface area contributed by atoms with Crippen LogP contribution in [-0.4, -0.2) is 44.6 Å². The van der Waals surface area contributed by atoms with Crippen molar-refractivity contribution in [1.29, 1.82) is 0 Å². The summed E-state index contributed by atoms with van der Waals surface area (Å²) in [7, 11) is 0. The second-order valence-electron chi connectivity index (χ2n) is 11.3. The van der Waals surface area contributed by atoms with Gasteiger partial charge in [-0.25, -0.2) is 14.8 Å². The zero-order valence-corrected chi connectivity index (χ0v) is 24.3. The fraction of sp³-hybridized carbons (Fsp3) is 0.333. The van der Waals surface area contributed by atoms with Crippen LogP contribution >= 0.6 is 0 Å². The molecule has 1 N–H and O–H groups in total. The minimum atomic E-state index is -0.498. The number of pyridine rings is 1. The van der Waals surface area contributed by atoms with E-state index in [1.165, 1.54) is 0 Å². The molecule has 2 aromatic heterocycles. The first-order chi connectivity index (χ1) is 20.3. The number of ether oxygens (including phenoxy) is 3. The molecule has 0 spiro atoms. The van der Waals surface area contributed by atoms with Gasteiger partial charge in [0.15, 0.2) is 0 Å². The zero-order valence-electron chi connectivity index (χ0n) is 24.3. The van der Waals surface area contributed by atoms with Gasteiger partial charge in [-0.15, -0.1) is 0 Å². The Morgan fingerprint density at radius 2 is 1.45 bits per heavy atom. The SMILES string of the molecule is CC(C)(C)OC(=O)N1CCC(c2cnc(Nc3ccc(OCc4ccccc4)nc3OCc3ccccc3)nc2)CC1. The van der Waals surface area contributed by atoms with Crippen molar-refractivity contribution >= 4 is 17.7 Å². The third-order valence-electron chi connectivity index (χ3n) is 6.82. The van der Waals surface area contributed by atoms with Crippen LogP contribution < -0.4 is 14.8 Å². The number of amides is 1. The first-order valence-electron chi connectivity index (χ1n) is 14.2. The molecule has 2 aromatic carbocycles. The molecule has 9 heteroatoms. The molecule has 5 rings (SSSR count). The summed E-state index contributed by atoms with van der Waals surface area (Å²) in [6.07, 6.45) is 5.10. The van der Waals surface area contributed by atoms with Crippen LogP contribution in [0.25, 0.3) is 0 Å². The molecule has 1 fully saturated rings. The molecule has 0 radical (unpaired) electrons. The topological polar surface area (TPSA) is 98.7 Å². The Hall–Kier alpha value is -4.66. The highest BCUT2D eigenvalue weighted by Crippen LogP contribution is 2.31.